The lowest BCUT2D eigenvalue weighted by molar-refractivity contribution is -0.142. The van der Waals surface area contributed by atoms with Gasteiger partial charge in [-0.15, -0.1) is 0 Å². The summed E-state index contributed by atoms with van der Waals surface area (Å²) < 4.78 is 0. The van der Waals surface area contributed by atoms with Crippen molar-refractivity contribution < 1.29 is 29.4 Å². The number of benzene rings is 3. The van der Waals surface area contributed by atoms with E-state index in [2.05, 4.69) is 25.9 Å². The van der Waals surface area contributed by atoms with E-state index in [0.29, 0.717) is 11.1 Å². The average molecular weight is 667 g/mol. The molecule has 4 atom stereocenters. The number of hydrogen-bond donors (Lipinski definition) is 8. The number of hydrogen-bond acceptors (Lipinski definition) is 6. The van der Waals surface area contributed by atoms with Crippen LogP contribution in [0.1, 0.15) is 37.0 Å². The van der Waals surface area contributed by atoms with Gasteiger partial charge in [-0.25, -0.2) is 4.79 Å². The molecule has 2 heterocycles. The molecular formula is C37H42N6O6. The number of phenolic OH excluding ortho intramolecular Hbond substituents is 1. The molecule has 5 aromatic rings. The molecule has 0 aliphatic carbocycles. The van der Waals surface area contributed by atoms with Crippen LogP contribution in [0, 0.1) is 5.92 Å². The minimum absolute atomic E-state index is 0.000297. The first-order valence-electron chi connectivity index (χ1n) is 16.3. The smallest absolute Gasteiger partial charge is 0.326 e. The number of phenols is 1. The van der Waals surface area contributed by atoms with Crippen molar-refractivity contribution in [3.8, 4) is 5.75 Å². The van der Waals surface area contributed by atoms with Crippen molar-refractivity contribution in [2.45, 2.75) is 63.7 Å². The Morgan fingerprint density at radius 1 is 0.673 bits per heavy atom. The number of aromatic nitrogens is 2. The first-order chi connectivity index (χ1) is 23.5. The maximum absolute atomic E-state index is 13.8. The van der Waals surface area contributed by atoms with E-state index in [0.717, 1.165) is 27.4 Å². The van der Waals surface area contributed by atoms with Crippen LogP contribution in [0.25, 0.3) is 21.8 Å². The van der Waals surface area contributed by atoms with Crippen LogP contribution >= 0.6 is 0 Å². The molecule has 49 heavy (non-hydrogen) atoms. The number of aromatic hydroxyl groups is 1. The maximum atomic E-state index is 13.8. The molecule has 2 aromatic heterocycles. The Kier molecular flexibility index (Phi) is 11.0. The van der Waals surface area contributed by atoms with Crippen LogP contribution in [0.5, 0.6) is 5.75 Å². The molecule has 12 nitrogen and oxygen atoms in total. The molecule has 3 aromatic carbocycles. The van der Waals surface area contributed by atoms with Gasteiger partial charge in [0, 0.05) is 47.0 Å². The SMILES string of the molecule is CC(C)CC(NC(=O)C(N)Cc1c[nH]c2ccccc12)C(=O)NC(Cc1ccc(O)cc1)C(=O)NC(Cc1c[nH]c2ccccc12)C(=O)O. The van der Waals surface area contributed by atoms with Crippen LogP contribution in [-0.2, 0) is 38.4 Å². The maximum Gasteiger partial charge on any atom is 0.326 e. The summed E-state index contributed by atoms with van der Waals surface area (Å²) in [6.45, 7) is 3.81. The molecule has 0 aliphatic heterocycles. The average Bonchev–Trinajstić information content (AvgIpc) is 3.68. The summed E-state index contributed by atoms with van der Waals surface area (Å²) in [4.78, 5) is 59.5. The van der Waals surface area contributed by atoms with Gasteiger partial charge in [0.2, 0.25) is 17.7 Å². The van der Waals surface area contributed by atoms with E-state index in [9.17, 15) is 29.4 Å². The van der Waals surface area contributed by atoms with Crippen molar-refractivity contribution >= 4 is 45.5 Å². The molecule has 0 bridgehead atoms. The zero-order valence-electron chi connectivity index (χ0n) is 27.4. The summed E-state index contributed by atoms with van der Waals surface area (Å²) in [5.74, 6) is -3.04. The van der Waals surface area contributed by atoms with Gasteiger partial charge in [0.1, 0.15) is 23.9 Å². The van der Waals surface area contributed by atoms with Gasteiger partial charge in [0.15, 0.2) is 0 Å². The van der Waals surface area contributed by atoms with Gasteiger partial charge in [0.25, 0.3) is 0 Å². The fraction of sp³-hybridized carbons (Fsp3) is 0.297. The number of nitrogens with one attached hydrogen (secondary N) is 5. The van der Waals surface area contributed by atoms with Gasteiger partial charge in [-0.05, 0) is 59.7 Å². The molecule has 0 spiro atoms. The summed E-state index contributed by atoms with van der Waals surface area (Å²) in [6, 6.07) is 16.8. The van der Waals surface area contributed by atoms with Crippen molar-refractivity contribution in [1.82, 2.24) is 25.9 Å². The topological polar surface area (TPSA) is 202 Å². The van der Waals surface area contributed by atoms with E-state index >= 15 is 0 Å². The summed E-state index contributed by atoms with van der Waals surface area (Å²) >= 11 is 0. The van der Waals surface area contributed by atoms with Crippen molar-refractivity contribution in [3.05, 3.63) is 102 Å². The summed E-state index contributed by atoms with van der Waals surface area (Å²) in [7, 11) is 0. The van der Waals surface area contributed by atoms with E-state index in [1.54, 1.807) is 18.3 Å². The van der Waals surface area contributed by atoms with Crippen molar-refractivity contribution in [2.24, 2.45) is 11.7 Å². The number of fused-ring (bicyclic) bond motifs is 2. The third-order valence-electron chi connectivity index (χ3n) is 8.51. The molecule has 0 fully saturated rings. The summed E-state index contributed by atoms with van der Waals surface area (Å²) in [5.41, 5.74) is 10.3. The second kappa shape index (κ2) is 15.5. The quantitative estimate of drug-likeness (QED) is 0.0837. The predicted molar refractivity (Wildman–Crippen MR) is 187 cm³/mol. The van der Waals surface area contributed by atoms with Gasteiger partial charge >= 0.3 is 5.97 Å². The Bertz CT molecular complexity index is 1930. The van der Waals surface area contributed by atoms with Gasteiger partial charge in [0.05, 0.1) is 6.04 Å². The fourth-order valence-corrected chi connectivity index (χ4v) is 5.95. The van der Waals surface area contributed by atoms with Crippen LogP contribution in [0.4, 0.5) is 0 Å². The Labute approximate surface area is 283 Å². The van der Waals surface area contributed by atoms with E-state index in [-0.39, 0.29) is 37.4 Å². The number of rotatable bonds is 15. The predicted octanol–water partition coefficient (Wildman–Crippen LogP) is 3.30. The van der Waals surface area contributed by atoms with E-state index in [4.69, 9.17) is 5.73 Å². The minimum Gasteiger partial charge on any atom is -0.508 e. The van der Waals surface area contributed by atoms with Crippen LogP contribution in [0.3, 0.4) is 0 Å². The van der Waals surface area contributed by atoms with Crippen LogP contribution in [-0.4, -0.2) is 68.0 Å². The number of nitrogens with two attached hydrogens (primary N) is 1. The molecule has 5 rings (SSSR count). The number of carboxylic acid groups (broad SMARTS) is 1. The Hall–Kier alpha value is -5.62. The summed E-state index contributed by atoms with van der Waals surface area (Å²) in [5, 5.41) is 29.8. The molecule has 256 valence electrons. The third kappa shape index (κ3) is 8.85. The molecule has 12 heteroatoms. The number of aromatic amines is 2. The number of carboxylic acids is 1. The van der Waals surface area contributed by atoms with E-state index in [1.807, 2.05) is 68.6 Å². The molecule has 0 saturated carbocycles. The Morgan fingerprint density at radius 2 is 1.18 bits per heavy atom. The van der Waals surface area contributed by atoms with Crippen molar-refractivity contribution in [2.75, 3.05) is 0 Å². The van der Waals surface area contributed by atoms with E-state index < -0.39 is 47.9 Å². The Morgan fingerprint density at radius 3 is 1.76 bits per heavy atom. The Balaban J connectivity index is 1.32. The zero-order valence-corrected chi connectivity index (χ0v) is 27.4. The lowest BCUT2D eigenvalue weighted by Crippen LogP contribution is -2.58. The zero-order chi connectivity index (χ0) is 35.1. The fourth-order valence-electron chi connectivity index (χ4n) is 5.95. The van der Waals surface area contributed by atoms with Crippen molar-refractivity contribution in [3.63, 3.8) is 0 Å². The molecule has 0 saturated heterocycles. The second-order valence-electron chi connectivity index (χ2n) is 12.8. The normalized spacial score (nSPS) is 13.9. The largest absolute Gasteiger partial charge is 0.508 e. The number of carbonyl (C=O) groups excluding carboxylic acids is 3. The van der Waals surface area contributed by atoms with Gasteiger partial charge in [-0.2, -0.15) is 0 Å². The first kappa shape index (κ1) is 34.7. The van der Waals surface area contributed by atoms with Crippen LogP contribution in [0.2, 0.25) is 0 Å². The highest BCUT2D eigenvalue weighted by molar-refractivity contribution is 5.95. The highest BCUT2D eigenvalue weighted by atomic mass is 16.4. The number of aliphatic carboxylic acids is 1. The molecule has 0 aliphatic rings. The molecule has 0 radical (unpaired) electrons. The number of para-hydroxylation sites is 2. The van der Waals surface area contributed by atoms with Gasteiger partial charge < -0.3 is 41.9 Å². The lowest BCUT2D eigenvalue weighted by Gasteiger charge is -2.26. The number of H-pyrrole nitrogens is 2. The highest BCUT2D eigenvalue weighted by Gasteiger charge is 2.31. The second-order valence-corrected chi connectivity index (χ2v) is 12.8. The van der Waals surface area contributed by atoms with Crippen LogP contribution < -0.4 is 21.7 Å². The van der Waals surface area contributed by atoms with Crippen molar-refractivity contribution in [1.29, 1.82) is 0 Å². The number of amides is 3. The molecule has 3 amide bonds. The first-order valence-corrected chi connectivity index (χ1v) is 16.3. The minimum atomic E-state index is -1.29. The monoisotopic (exact) mass is 666 g/mol. The van der Waals surface area contributed by atoms with Crippen LogP contribution in [0.15, 0.2) is 85.2 Å². The molecule has 4 unspecified atom stereocenters. The molecule has 9 N–H and O–H groups in total. The number of carbonyl (C=O) groups is 4. The lowest BCUT2D eigenvalue weighted by atomic mass is 9.99. The van der Waals surface area contributed by atoms with Gasteiger partial charge in [-0.3, -0.25) is 14.4 Å². The third-order valence-corrected chi connectivity index (χ3v) is 8.51. The standard InChI is InChI=1S/C37H42N6O6/c1-21(2)15-31(41-34(45)28(38)17-23-19-39-29-9-5-3-7-26(23)29)35(46)42-32(16-22-11-13-25(44)14-12-22)36(47)43-33(37(48)49)18-24-20-40-30-10-6-4-8-27(24)30/h3-14,19-21,28,31-33,39-40,44H,15-18,38H2,1-2H3,(H,41,45)(H,42,46)(H,43,47)(H,48,49). The van der Waals surface area contributed by atoms with Gasteiger partial charge in [-0.1, -0.05) is 62.4 Å². The molecular weight excluding hydrogens is 624 g/mol. The van der Waals surface area contributed by atoms with E-state index in [1.165, 1.54) is 12.1 Å². The summed E-state index contributed by atoms with van der Waals surface area (Å²) in [6.07, 6.45) is 4.04. The highest BCUT2D eigenvalue weighted by Crippen LogP contribution is 2.21.